The molecule has 2 aromatic carbocycles. The largest absolute Gasteiger partial charge is 0.325 e. The summed E-state index contributed by atoms with van der Waals surface area (Å²) in [6.07, 6.45) is 0.398. The van der Waals surface area contributed by atoms with E-state index in [1.54, 1.807) is 0 Å². The van der Waals surface area contributed by atoms with Crippen molar-refractivity contribution in [3.05, 3.63) is 65.2 Å². The Kier molecular flexibility index (Phi) is 5.73. The first-order chi connectivity index (χ1) is 13.8. The second-order valence-corrected chi connectivity index (χ2v) is 7.69. The minimum absolute atomic E-state index is 0.229. The number of aryl methyl sites for hydroxylation is 1. The number of nitrogens with one attached hydrogen (secondary N) is 2. The van der Waals surface area contributed by atoms with Crippen molar-refractivity contribution in [3.63, 3.8) is 0 Å². The van der Waals surface area contributed by atoms with Gasteiger partial charge in [-0.1, -0.05) is 69.3 Å². The molecule has 6 nitrogen and oxygen atoms in total. The zero-order chi connectivity index (χ0) is 21.2. The number of carbonyl (C=O) groups excluding carboxylic acids is 3. The van der Waals surface area contributed by atoms with E-state index < -0.39 is 23.4 Å². The summed E-state index contributed by atoms with van der Waals surface area (Å²) >= 11 is 0. The highest BCUT2D eigenvalue weighted by atomic mass is 16.2. The summed E-state index contributed by atoms with van der Waals surface area (Å²) in [5.41, 5.74) is 2.27. The summed E-state index contributed by atoms with van der Waals surface area (Å²) in [5, 5.41) is 5.70. The molecular formula is C23H27N3O3. The van der Waals surface area contributed by atoms with Gasteiger partial charge in [0.05, 0.1) is 0 Å². The molecule has 0 aliphatic carbocycles. The van der Waals surface area contributed by atoms with E-state index in [1.165, 1.54) is 0 Å². The van der Waals surface area contributed by atoms with Crippen LogP contribution in [0, 0.1) is 6.92 Å². The van der Waals surface area contributed by atoms with Crippen molar-refractivity contribution in [1.29, 1.82) is 0 Å². The van der Waals surface area contributed by atoms with E-state index in [-0.39, 0.29) is 12.5 Å². The van der Waals surface area contributed by atoms with Crippen LogP contribution in [0.15, 0.2) is 48.5 Å². The van der Waals surface area contributed by atoms with Gasteiger partial charge in [-0.3, -0.25) is 14.5 Å². The Morgan fingerprint density at radius 2 is 1.79 bits per heavy atom. The number of urea groups is 1. The Balaban J connectivity index is 1.82. The molecule has 0 radical (unpaired) electrons. The molecule has 0 aromatic heterocycles. The predicted molar refractivity (Wildman–Crippen MR) is 113 cm³/mol. The van der Waals surface area contributed by atoms with Gasteiger partial charge in [0.2, 0.25) is 5.91 Å². The Bertz CT molecular complexity index is 940. The third kappa shape index (κ3) is 3.75. The minimum atomic E-state index is -1.13. The molecule has 4 amide bonds. The summed E-state index contributed by atoms with van der Waals surface area (Å²) in [6.45, 7) is 7.55. The lowest BCUT2D eigenvalue weighted by molar-refractivity contribution is -0.134. The number of benzene rings is 2. The van der Waals surface area contributed by atoms with Gasteiger partial charge in [-0.25, -0.2) is 4.79 Å². The normalized spacial score (nSPS) is 18.9. The molecule has 0 spiro atoms. The summed E-state index contributed by atoms with van der Waals surface area (Å²) < 4.78 is 0. The molecule has 1 fully saturated rings. The number of imide groups is 1. The first-order valence-corrected chi connectivity index (χ1v) is 9.89. The zero-order valence-corrected chi connectivity index (χ0v) is 17.3. The van der Waals surface area contributed by atoms with Crippen LogP contribution in [0.1, 0.15) is 49.8 Å². The van der Waals surface area contributed by atoms with Crippen LogP contribution in [-0.2, 0) is 15.1 Å². The van der Waals surface area contributed by atoms with Crippen molar-refractivity contribution in [2.75, 3.05) is 11.9 Å². The van der Waals surface area contributed by atoms with Crippen molar-refractivity contribution >= 4 is 23.5 Å². The van der Waals surface area contributed by atoms with E-state index in [1.807, 2.05) is 62.4 Å². The fraction of sp³-hybridized carbons (Fsp3) is 0.348. The van der Waals surface area contributed by atoms with E-state index in [0.29, 0.717) is 12.0 Å². The van der Waals surface area contributed by atoms with Gasteiger partial charge < -0.3 is 10.6 Å². The Morgan fingerprint density at radius 3 is 2.41 bits per heavy atom. The van der Waals surface area contributed by atoms with Crippen LogP contribution in [0.5, 0.6) is 0 Å². The van der Waals surface area contributed by atoms with Crippen LogP contribution in [0.3, 0.4) is 0 Å². The van der Waals surface area contributed by atoms with Gasteiger partial charge in [0.1, 0.15) is 12.1 Å². The van der Waals surface area contributed by atoms with Crippen molar-refractivity contribution in [1.82, 2.24) is 10.2 Å². The highest BCUT2D eigenvalue weighted by molar-refractivity contribution is 6.10. The maximum absolute atomic E-state index is 13.2. The maximum atomic E-state index is 13.2. The second kappa shape index (κ2) is 8.07. The number of nitrogens with zero attached hydrogens (tertiary/aromatic N) is 1. The zero-order valence-electron chi connectivity index (χ0n) is 17.3. The summed E-state index contributed by atoms with van der Waals surface area (Å²) in [7, 11) is 0. The summed E-state index contributed by atoms with van der Waals surface area (Å²) in [5.74, 6) is -0.572. The van der Waals surface area contributed by atoms with Crippen LogP contribution in [0.25, 0.3) is 0 Å². The standard InChI is InChI=1S/C23H27N3O3/c1-5-23(17-11-7-6-8-12-17)21(28)26(22(29)25-23)14-19(27)24-20-16(4)10-9-13-18(20)15(2)3/h6-13,15H,5,14H2,1-4H3,(H,24,27)(H,25,29). The summed E-state index contributed by atoms with van der Waals surface area (Å²) in [6, 6.07) is 14.4. The van der Waals surface area contributed by atoms with Gasteiger partial charge in [-0.15, -0.1) is 0 Å². The molecule has 1 aliphatic heterocycles. The number of hydrogen-bond acceptors (Lipinski definition) is 3. The quantitative estimate of drug-likeness (QED) is 0.730. The molecule has 1 saturated heterocycles. The van der Waals surface area contributed by atoms with E-state index >= 15 is 0 Å². The van der Waals surface area contributed by atoms with Crippen molar-refractivity contribution < 1.29 is 14.4 Å². The number of amides is 4. The first kappa shape index (κ1) is 20.6. The number of carbonyl (C=O) groups is 3. The van der Waals surface area contributed by atoms with Gasteiger partial charge in [-0.2, -0.15) is 0 Å². The minimum Gasteiger partial charge on any atom is -0.324 e. The monoisotopic (exact) mass is 393 g/mol. The predicted octanol–water partition coefficient (Wildman–Crippen LogP) is 3.91. The number of anilines is 1. The van der Waals surface area contributed by atoms with Crippen LogP contribution in [0.4, 0.5) is 10.5 Å². The average molecular weight is 393 g/mol. The van der Waals surface area contributed by atoms with Crippen LogP contribution < -0.4 is 10.6 Å². The molecule has 1 aliphatic rings. The Morgan fingerprint density at radius 1 is 1.10 bits per heavy atom. The third-order valence-electron chi connectivity index (χ3n) is 5.47. The van der Waals surface area contributed by atoms with Gasteiger partial charge in [0.25, 0.3) is 5.91 Å². The van der Waals surface area contributed by atoms with Gasteiger partial charge in [0.15, 0.2) is 0 Å². The van der Waals surface area contributed by atoms with E-state index in [0.717, 1.165) is 21.7 Å². The molecular weight excluding hydrogens is 366 g/mol. The third-order valence-corrected chi connectivity index (χ3v) is 5.47. The number of hydrogen-bond donors (Lipinski definition) is 2. The Hall–Kier alpha value is -3.15. The smallest absolute Gasteiger partial charge is 0.324 e. The molecule has 0 saturated carbocycles. The van der Waals surface area contributed by atoms with E-state index in [9.17, 15) is 14.4 Å². The van der Waals surface area contributed by atoms with Crippen LogP contribution in [-0.4, -0.2) is 29.3 Å². The fourth-order valence-electron chi connectivity index (χ4n) is 3.80. The fourth-order valence-corrected chi connectivity index (χ4v) is 3.80. The SMILES string of the molecule is CCC1(c2ccccc2)NC(=O)N(CC(=O)Nc2c(C)cccc2C(C)C)C1=O. The highest BCUT2D eigenvalue weighted by Gasteiger charge is 2.51. The van der Waals surface area contributed by atoms with Crippen molar-refractivity contribution in [2.45, 2.75) is 45.6 Å². The first-order valence-electron chi connectivity index (χ1n) is 9.89. The molecule has 1 heterocycles. The molecule has 2 N–H and O–H groups in total. The van der Waals surface area contributed by atoms with E-state index in [2.05, 4.69) is 24.5 Å². The molecule has 6 heteroatoms. The van der Waals surface area contributed by atoms with E-state index in [4.69, 9.17) is 0 Å². The molecule has 0 bridgehead atoms. The lowest BCUT2D eigenvalue weighted by Crippen LogP contribution is -2.44. The lowest BCUT2D eigenvalue weighted by atomic mass is 9.87. The topological polar surface area (TPSA) is 78.5 Å². The molecule has 152 valence electrons. The lowest BCUT2D eigenvalue weighted by Gasteiger charge is -2.25. The van der Waals surface area contributed by atoms with Crippen LogP contribution >= 0.6 is 0 Å². The number of rotatable bonds is 6. The maximum Gasteiger partial charge on any atom is 0.325 e. The van der Waals surface area contributed by atoms with Gasteiger partial charge in [-0.05, 0) is 36.0 Å². The van der Waals surface area contributed by atoms with Gasteiger partial charge in [0, 0.05) is 5.69 Å². The second-order valence-electron chi connectivity index (χ2n) is 7.69. The molecule has 2 aromatic rings. The Labute approximate surface area is 171 Å². The van der Waals surface area contributed by atoms with Gasteiger partial charge >= 0.3 is 6.03 Å². The summed E-state index contributed by atoms with van der Waals surface area (Å²) in [4.78, 5) is 39.5. The van der Waals surface area contributed by atoms with Crippen molar-refractivity contribution in [2.24, 2.45) is 0 Å². The average Bonchev–Trinajstić information content (AvgIpc) is 2.95. The van der Waals surface area contributed by atoms with Crippen molar-refractivity contribution in [3.8, 4) is 0 Å². The van der Waals surface area contributed by atoms with Crippen LogP contribution in [0.2, 0.25) is 0 Å². The molecule has 1 unspecified atom stereocenters. The molecule has 1 atom stereocenters. The number of para-hydroxylation sites is 1. The highest BCUT2D eigenvalue weighted by Crippen LogP contribution is 2.32. The molecule has 3 rings (SSSR count). The molecule has 29 heavy (non-hydrogen) atoms.